The van der Waals surface area contributed by atoms with Crippen molar-refractivity contribution in [1.29, 1.82) is 0 Å². The normalized spacial score (nSPS) is 21.8. The minimum atomic E-state index is -0.158. The lowest BCUT2D eigenvalue weighted by Crippen LogP contribution is -2.45. The van der Waals surface area contributed by atoms with Crippen molar-refractivity contribution in [3.63, 3.8) is 0 Å². The van der Waals surface area contributed by atoms with Crippen molar-refractivity contribution in [1.82, 2.24) is 4.90 Å². The SMILES string of the molecule is C[C@H](N)c1ccc(N2CCCC(N(C)C)C2)c(F)c1. The molecule has 1 fully saturated rings. The van der Waals surface area contributed by atoms with Gasteiger partial charge < -0.3 is 15.5 Å². The van der Waals surface area contributed by atoms with Gasteiger partial charge in [-0.3, -0.25) is 0 Å². The Morgan fingerprint density at radius 3 is 2.74 bits per heavy atom. The summed E-state index contributed by atoms with van der Waals surface area (Å²) in [5.74, 6) is -0.158. The van der Waals surface area contributed by atoms with Crippen LogP contribution in [0.3, 0.4) is 0 Å². The number of halogens is 1. The summed E-state index contributed by atoms with van der Waals surface area (Å²) in [6, 6.07) is 5.74. The summed E-state index contributed by atoms with van der Waals surface area (Å²) in [6.07, 6.45) is 2.29. The van der Waals surface area contributed by atoms with E-state index in [0.717, 1.165) is 25.1 Å². The lowest BCUT2D eigenvalue weighted by atomic mass is 10.0. The van der Waals surface area contributed by atoms with Crippen LogP contribution in [0.5, 0.6) is 0 Å². The third-order valence-corrected chi connectivity index (χ3v) is 3.97. The number of anilines is 1. The molecule has 1 aromatic rings. The van der Waals surface area contributed by atoms with Crippen LogP contribution < -0.4 is 10.6 Å². The second kappa shape index (κ2) is 5.88. The number of hydrogen-bond donors (Lipinski definition) is 1. The maximum atomic E-state index is 14.2. The van der Waals surface area contributed by atoms with Crippen molar-refractivity contribution in [3.05, 3.63) is 29.6 Å². The quantitative estimate of drug-likeness (QED) is 0.910. The topological polar surface area (TPSA) is 32.5 Å². The van der Waals surface area contributed by atoms with Crippen LogP contribution in [0.1, 0.15) is 31.4 Å². The zero-order valence-electron chi connectivity index (χ0n) is 12.1. The van der Waals surface area contributed by atoms with Gasteiger partial charge in [-0.15, -0.1) is 0 Å². The Kier molecular flexibility index (Phi) is 4.42. The Bertz CT molecular complexity index is 431. The Hall–Kier alpha value is -1.13. The monoisotopic (exact) mass is 265 g/mol. The van der Waals surface area contributed by atoms with Crippen LogP contribution in [0, 0.1) is 5.82 Å². The first-order chi connectivity index (χ1) is 8.99. The molecule has 0 aliphatic carbocycles. The third-order valence-electron chi connectivity index (χ3n) is 3.97. The zero-order valence-corrected chi connectivity index (χ0v) is 12.1. The molecule has 0 bridgehead atoms. The van der Waals surface area contributed by atoms with E-state index in [4.69, 9.17) is 5.73 Å². The highest BCUT2D eigenvalue weighted by molar-refractivity contribution is 5.50. The van der Waals surface area contributed by atoms with Crippen LogP contribution in [0.4, 0.5) is 10.1 Å². The van der Waals surface area contributed by atoms with E-state index in [2.05, 4.69) is 23.9 Å². The lowest BCUT2D eigenvalue weighted by Gasteiger charge is -2.37. The first-order valence-electron chi connectivity index (χ1n) is 6.95. The van der Waals surface area contributed by atoms with Gasteiger partial charge in [-0.2, -0.15) is 0 Å². The first-order valence-corrected chi connectivity index (χ1v) is 6.95. The average molecular weight is 265 g/mol. The van der Waals surface area contributed by atoms with Gasteiger partial charge in [-0.05, 0) is 51.6 Å². The summed E-state index contributed by atoms with van der Waals surface area (Å²) in [4.78, 5) is 4.37. The molecule has 2 rings (SSSR count). The van der Waals surface area contributed by atoms with Gasteiger partial charge in [0, 0.05) is 25.2 Å². The molecule has 0 aromatic heterocycles. The Morgan fingerprint density at radius 2 is 2.16 bits per heavy atom. The molecule has 4 heteroatoms. The summed E-state index contributed by atoms with van der Waals surface area (Å²) in [5.41, 5.74) is 7.34. The molecule has 0 radical (unpaired) electrons. The molecule has 106 valence electrons. The van der Waals surface area contributed by atoms with Crippen molar-refractivity contribution in [2.75, 3.05) is 32.1 Å². The second-order valence-corrected chi connectivity index (χ2v) is 5.71. The van der Waals surface area contributed by atoms with Gasteiger partial charge in [0.1, 0.15) is 5.82 Å². The molecule has 1 saturated heterocycles. The van der Waals surface area contributed by atoms with E-state index in [-0.39, 0.29) is 11.9 Å². The Labute approximate surface area is 115 Å². The standard InChI is InChI=1S/C15H24FN3/c1-11(17)12-6-7-15(14(16)9-12)19-8-4-5-13(10-19)18(2)3/h6-7,9,11,13H,4-5,8,10,17H2,1-3H3/t11-,13?/m0/s1. The highest BCUT2D eigenvalue weighted by Crippen LogP contribution is 2.26. The van der Waals surface area contributed by atoms with Gasteiger partial charge in [0.2, 0.25) is 0 Å². The summed E-state index contributed by atoms with van der Waals surface area (Å²) in [5, 5.41) is 0. The fourth-order valence-electron chi connectivity index (χ4n) is 2.66. The van der Waals surface area contributed by atoms with E-state index in [1.54, 1.807) is 6.07 Å². The highest BCUT2D eigenvalue weighted by atomic mass is 19.1. The van der Waals surface area contributed by atoms with Gasteiger partial charge in [-0.25, -0.2) is 4.39 Å². The largest absolute Gasteiger partial charge is 0.368 e. The Balaban J connectivity index is 2.17. The number of hydrogen-bond acceptors (Lipinski definition) is 3. The molecule has 0 amide bonds. The fraction of sp³-hybridized carbons (Fsp3) is 0.600. The van der Waals surface area contributed by atoms with Crippen molar-refractivity contribution in [2.24, 2.45) is 5.73 Å². The van der Waals surface area contributed by atoms with Gasteiger partial charge in [-0.1, -0.05) is 6.07 Å². The molecule has 2 N–H and O–H groups in total. The molecule has 2 atom stereocenters. The minimum absolute atomic E-state index is 0.126. The van der Waals surface area contributed by atoms with E-state index in [1.165, 1.54) is 6.42 Å². The van der Waals surface area contributed by atoms with Crippen LogP contribution in [0.25, 0.3) is 0 Å². The molecule has 19 heavy (non-hydrogen) atoms. The third kappa shape index (κ3) is 3.25. The van der Waals surface area contributed by atoms with E-state index in [0.29, 0.717) is 11.7 Å². The van der Waals surface area contributed by atoms with Gasteiger partial charge in [0.05, 0.1) is 5.69 Å². The van der Waals surface area contributed by atoms with E-state index in [1.807, 2.05) is 19.1 Å². The molecule has 3 nitrogen and oxygen atoms in total. The van der Waals surface area contributed by atoms with Gasteiger partial charge >= 0.3 is 0 Å². The molecular formula is C15H24FN3. The molecule has 1 aliphatic heterocycles. The summed E-state index contributed by atoms with van der Waals surface area (Å²) in [7, 11) is 4.17. The lowest BCUT2D eigenvalue weighted by molar-refractivity contribution is 0.257. The van der Waals surface area contributed by atoms with Crippen LogP contribution >= 0.6 is 0 Å². The Morgan fingerprint density at radius 1 is 1.42 bits per heavy atom. The highest BCUT2D eigenvalue weighted by Gasteiger charge is 2.23. The van der Waals surface area contributed by atoms with Crippen molar-refractivity contribution in [3.8, 4) is 0 Å². The molecule has 1 aromatic carbocycles. The van der Waals surface area contributed by atoms with Crippen LogP contribution in [-0.2, 0) is 0 Å². The minimum Gasteiger partial charge on any atom is -0.368 e. The molecule has 0 spiro atoms. The van der Waals surface area contributed by atoms with Crippen molar-refractivity contribution >= 4 is 5.69 Å². The summed E-state index contributed by atoms with van der Waals surface area (Å²) >= 11 is 0. The summed E-state index contributed by atoms with van der Waals surface area (Å²) < 4.78 is 14.2. The number of benzene rings is 1. The molecule has 1 aliphatic rings. The van der Waals surface area contributed by atoms with Crippen molar-refractivity contribution in [2.45, 2.75) is 31.8 Å². The van der Waals surface area contributed by atoms with Gasteiger partial charge in [0.15, 0.2) is 0 Å². The summed E-state index contributed by atoms with van der Waals surface area (Å²) in [6.45, 7) is 3.69. The number of piperidine rings is 1. The molecular weight excluding hydrogens is 241 g/mol. The number of likely N-dealkylation sites (N-methyl/N-ethyl adjacent to an activating group) is 1. The van der Waals surface area contributed by atoms with E-state index < -0.39 is 0 Å². The van der Waals surface area contributed by atoms with E-state index in [9.17, 15) is 4.39 Å². The second-order valence-electron chi connectivity index (χ2n) is 5.71. The van der Waals surface area contributed by atoms with E-state index >= 15 is 0 Å². The van der Waals surface area contributed by atoms with Gasteiger partial charge in [0.25, 0.3) is 0 Å². The maximum Gasteiger partial charge on any atom is 0.146 e. The number of nitrogens with zero attached hydrogens (tertiary/aromatic N) is 2. The first kappa shape index (κ1) is 14.3. The van der Waals surface area contributed by atoms with Crippen LogP contribution in [0.15, 0.2) is 18.2 Å². The number of rotatable bonds is 3. The van der Waals surface area contributed by atoms with Crippen LogP contribution in [0.2, 0.25) is 0 Å². The fourth-order valence-corrected chi connectivity index (χ4v) is 2.66. The molecule has 1 unspecified atom stereocenters. The van der Waals surface area contributed by atoms with Crippen molar-refractivity contribution < 1.29 is 4.39 Å². The molecule has 1 heterocycles. The molecule has 0 saturated carbocycles. The predicted molar refractivity (Wildman–Crippen MR) is 77.9 cm³/mol. The smallest absolute Gasteiger partial charge is 0.146 e. The zero-order chi connectivity index (χ0) is 14.0. The number of nitrogens with two attached hydrogens (primary N) is 1. The maximum absolute atomic E-state index is 14.2. The van der Waals surface area contributed by atoms with Crippen LogP contribution in [-0.4, -0.2) is 38.1 Å². The average Bonchev–Trinajstić information content (AvgIpc) is 2.38. The predicted octanol–water partition coefficient (Wildman–Crippen LogP) is 2.38.